The fraction of sp³-hybridized carbons (Fsp3) is 0.644. The number of rotatable bonds is 20. The average Bonchev–Trinajstić information content (AvgIpc) is 3.53. The molecule has 1 aromatic carbocycles. The number of halogens is 2. The number of aliphatic hydroxyl groups excluding tert-OH is 2. The number of hydrogen-bond donors (Lipinski definition) is 6. The van der Waals surface area contributed by atoms with Crippen LogP contribution in [0, 0.1) is 17.8 Å². The summed E-state index contributed by atoms with van der Waals surface area (Å²) >= 11 is 12.4. The number of hydroxylamine groups is 2. The minimum Gasteiger partial charge on any atom is -0.503 e. The van der Waals surface area contributed by atoms with Crippen LogP contribution in [0.1, 0.15) is 100 Å². The van der Waals surface area contributed by atoms with Crippen molar-refractivity contribution in [2.45, 2.75) is 155 Å². The predicted molar refractivity (Wildman–Crippen MR) is 244 cm³/mol. The molecule has 20 nitrogen and oxygen atoms in total. The van der Waals surface area contributed by atoms with Gasteiger partial charge in [0.05, 0.1) is 36.4 Å². The van der Waals surface area contributed by atoms with Gasteiger partial charge >= 0.3 is 11.9 Å². The van der Waals surface area contributed by atoms with Gasteiger partial charge in [0.15, 0.2) is 11.5 Å². The second kappa shape index (κ2) is 24.2. The Labute approximate surface area is 400 Å². The molecular weight excluding hydrogens is 919 g/mol. The summed E-state index contributed by atoms with van der Waals surface area (Å²) in [5, 5.41) is 40.8. The molecule has 6 amide bonds. The standard InChI is InChI=1S/C45H66Cl2N6O14/c1-20(2)13-30(49-41(59)36(25(9)54)50-40(58)34(56)18-27-16-28(46)38(65-11)29(47)17-27)42(60)52-24(8)35(67-26(10)55)19-32(52)39(57)48-31(14-21(3)4)43(61)53(64)37(22(5)6)44(62)51-23(7)15-33(51)45(63)66-12/h16-18,20-25,30-33,35-37,54,56,64H,13-15,19H2,1-12H3,(H,48,57)(H,49,59)(H,50,58). The topological polar surface area (TPSA) is 271 Å². The van der Waals surface area contributed by atoms with Crippen LogP contribution in [-0.2, 0) is 47.8 Å². The molecule has 0 radical (unpaired) electrons. The monoisotopic (exact) mass is 984 g/mol. The van der Waals surface area contributed by atoms with Crippen LogP contribution in [-0.4, -0.2) is 152 Å². The Balaban J connectivity index is 1.95. The van der Waals surface area contributed by atoms with Crippen molar-refractivity contribution in [3.05, 3.63) is 33.5 Å². The zero-order valence-corrected chi connectivity index (χ0v) is 41.5. The van der Waals surface area contributed by atoms with E-state index in [4.69, 9.17) is 37.4 Å². The molecule has 0 spiro atoms. The Morgan fingerprint density at radius 1 is 0.836 bits per heavy atom. The third-order valence-electron chi connectivity index (χ3n) is 11.6. The molecule has 10 atom stereocenters. The van der Waals surface area contributed by atoms with Crippen molar-refractivity contribution in [2.75, 3.05) is 14.2 Å². The van der Waals surface area contributed by atoms with E-state index in [1.165, 1.54) is 45.1 Å². The number of likely N-dealkylation sites (tertiary alicyclic amines) is 2. The molecule has 2 fully saturated rings. The first-order chi connectivity index (χ1) is 31.2. The van der Waals surface area contributed by atoms with Gasteiger partial charge in [0, 0.05) is 19.4 Å². The maximum absolute atomic E-state index is 14.7. The molecule has 2 heterocycles. The summed E-state index contributed by atoms with van der Waals surface area (Å²) in [7, 11) is 2.54. The van der Waals surface area contributed by atoms with Crippen LogP contribution in [0.15, 0.2) is 17.9 Å². The normalized spacial score (nSPS) is 21.7. The molecule has 2 aliphatic heterocycles. The van der Waals surface area contributed by atoms with Crippen molar-refractivity contribution in [1.29, 1.82) is 0 Å². The van der Waals surface area contributed by atoms with Crippen molar-refractivity contribution >= 4 is 76.7 Å². The van der Waals surface area contributed by atoms with E-state index in [2.05, 4.69) is 16.0 Å². The number of benzene rings is 1. The van der Waals surface area contributed by atoms with Crippen LogP contribution >= 0.6 is 23.2 Å². The predicted octanol–water partition coefficient (Wildman–Crippen LogP) is 3.15. The average molecular weight is 986 g/mol. The van der Waals surface area contributed by atoms with E-state index < -0.39 is 120 Å². The van der Waals surface area contributed by atoms with E-state index in [9.17, 15) is 53.8 Å². The number of esters is 2. The smallest absolute Gasteiger partial charge is 0.328 e. The van der Waals surface area contributed by atoms with Crippen molar-refractivity contribution in [3.8, 4) is 5.75 Å². The molecule has 67 heavy (non-hydrogen) atoms. The van der Waals surface area contributed by atoms with Crippen LogP contribution in [0.5, 0.6) is 5.75 Å². The second-order valence-corrected chi connectivity index (χ2v) is 19.1. The Morgan fingerprint density at radius 3 is 1.88 bits per heavy atom. The summed E-state index contributed by atoms with van der Waals surface area (Å²) in [6.07, 6.45) is -1.54. The fourth-order valence-corrected chi connectivity index (χ4v) is 8.95. The van der Waals surface area contributed by atoms with Crippen LogP contribution < -0.4 is 20.7 Å². The quantitative estimate of drug-likeness (QED) is 0.0361. The molecule has 0 aromatic heterocycles. The molecule has 6 N–H and O–H groups in total. The van der Waals surface area contributed by atoms with Crippen molar-refractivity contribution < 1.29 is 68.0 Å². The third kappa shape index (κ3) is 13.9. The molecule has 3 rings (SSSR count). The molecule has 22 heteroatoms. The number of nitrogens with one attached hydrogen (secondary N) is 3. The first kappa shape index (κ1) is 56.1. The highest BCUT2D eigenvalue weighted by Gasteiger charge is 2.51. The fourth-order valence-electron chi connectivity index (χ4n) is 8.30. The van der Waals surface area contributed by atoms with Gasteiger partial charge in [-0.3, -0.25) is 38.8 Å². The summed E-state index contributed by atoms with van der Waals surface area (Å²) in [6.45, 7) is 15.9. The molecule has 0 aliphatic carbocycles. The van der Waals surface area contributed by atoms with E-state index in [0.717, 1.165) is 17.9 Å². The number of ether oxygens (including phenoxy) is 3. The van der Waals surface area contributed by atoms with E-state index in [1.807, 2.05) is 0 Å². The SMILES string of the molecule is COC(=O)C1CC(C)N1C(=O)C(C(C)C)N(O)C(=O)C(CC(C)C)NC(=O)C1CC(OC(C)=O)C(C)N1C(=O)C(CC(C)C)NC(=O)C(NC(=O)C(O)=Cc1cc(Cl)c(OC)c(Cl)c1)C(C)O. The van der Waals surface area contributed by atoms with Gasteiger partial charge in [-0.25, -0.2) is 9.86 Å². The first-order valence-electron chi connectivity index (χ1n) is 22.1. The Kier molecular flexibility index (Phi) is 20.3. The number of carbonyl (C=O) groups is 8. The van der Waals surface area contributed by atoms with Crippen molar-refractivity contribution in [2.24, 2.45) is 17.8 Å². The zero-order chi connectivity index (χ0) is 50.9. The highest BCUT2D eigenvalue weighted by molar-refractivity contribution is 6.37. The highest BCUT2D eigenvalue weighted by Crippen LogP contribution is 2.35. The molecule has 2 aliphatic rings. The van der Waals surface area contributed by atoms with Gasteiger partial charge in [0.1, 0.15) is 42.4 Å². The van der Waals surface area contributed by atoms with Crippen LogP contribution in [0.25, 0.3) is 6.08 Å². The molecule has 0 bridgehead atoms. The van der Waals surface area contributed by atoms with Gasteiger partial charge in [-0.05, 0) is 81.6 Å². The maximum Gasteiger partial charge on any atom is 0.328 e. The summed E-state index contributed by atoms with van der Waals surface area (Å²) in [5.74, 6) is -8.88. The van der Waals surface area contributed by atoms with Crippen LogP contribution in [0.4, 0.5) is 0 Å². The minimum atomic E-state index is -1.72. The Bertz CT molecular complexity index is 2030. The Hall–Kier alpha value is -5.18. The lowest BCUT2D eigenvalue weighted by molar-refractivity contribution is -0.196. The van der Waals surface area contributed by atoms with E-state index in [1.54, 1.807) is 48.5 Å². The maximum atomic E-state index is 14.7. The van der Waals surface area contributed by atoms with Gasteiger partial charge in [-0.2, -0.15) is 0 Å². The number of aliphatic hydroxyl groups is 2. The van der Waals surface area contributed by atoms with Crippen LogP contribution in [0.2, 0.25) is 10.0 Å². The number of nitrogens with zero attached hydrogens (tertiary/aromatic N) is 3. The van der Waals surface area contributed by atoms with Crippen molar-refractivity contribution in [1.82, 2.24) is 30.8 Å². The van der Waals surface area contributed by atoms with Gasteiger partial charge in [-0.15, -0.1) is 0 Å². The van der Waals surface area contributed by atoms with Gasteiger partial charge in [-0.1, -0.05) is 64.7 Å². The molecule has 2 saturated heterocycles. The van der Waals surface area contributed by atoms with Crippen LogP contribution in [0.3, 0.4) is 0 Å². The third-order valence-corrected chi connectivity index (χ3v) is 12.1. The van der Waals surface area contributed by atoms with E-state index in [-0.39, 0.29) is 57.5 Å². The lowest BCUT2D eigenvalue weighted by Crippen LogP contribution is -2.66. The van der Waals surface area contributed by atoms with Gasteiger partial charge in [0.2, 0.25) is 23.6 Å². The van der Waals surface area contributed by atoms with Crippen molar-refractivity contribution in [3.63, 3.8) is 0 Å². The van der Waals surface area contributed by atoms with Gasteiger partial charge < -0.3 is 50.2 Å². The molecule has 10 unspecified atom stereocenters. The number of amides is 6. The summed E-state index contributed by atoms with van der Waals surface area (Å²) < 4.78 is 15.5. The number of carbonyl (C=O) groups excluding carboxylic acids is 8. The lowest BCUT2D eigenvalue weighted by atomic mass is 9.90. The van der Waals surface area contributed by atoms with E-state index in [0.29, 0.717) is 6.42 Å². The summed E-state index contributed by atoms with van der Waals surface area (Å²) in [5.41, 5.74) is 0.199. The summed E-state index contributed by atoms with van der Waals surface area (Å²) in [6, 6.07) is -6.98. The molecule has 0 saturated carbocycles. The van der Waals surface area contributed by atoms with E-state index >= 15 is 0 Å². The van der Waals surface area contributed by atoms with Gasteiger partial charge in [0.25, 0.3) is 11.8 Å². The highest BCUT2D eigenvalue weighted by atomic mass is 35.5. The largest absolute Gasteiger partial charge is 0.503 e. The molecule has 1 aromatic rings. The minimum absolute atomic E-state index is 0.0179. The zero-order valence-electron chi connectivity index (χ0n) is 40.0. The second-order valence-electron chi connectivity index (χ2n) is 18.2. The lowest BCUT2D eigenvalue weighted by Gasteiger charge is -2.47. The molecular formula is C45H66Cl2N6O14. The molecule has 374 valence electrons. The number of methoxy groups -OCH3 is 2. The first-order valence-corrected chi connectivity index (χ1v) is 22.9. The number of hydrogen-bond acceptors (Lipinski definition) is 14. The summed E-state index contributed by atoms with van der Waals surface area (Å²) in [4.78, 5) is 111. The Morgan fingerprint density at radius 2 is 1.40 bits per heavy atom.